The van der Waals surface area contributed by atoms with E-state index in [1.165, 1.54) is 19.3 Å². The molecule has 4 aliphatic rings. The molecule has 1 heterocycles. The third-order valence-electron chi connectivity index (χ3n) is 6.55. The van der Waals surface area contributed by atoms with Crippen LogP contribution >= 0.6 is 0 Å². The molecule has 5 heteroatoms. The van der Waals surface area contributed by atoms with Crippen LogP contribution in [0.4, 0.5) is 0 Å². The van der Waals surface area contributed by atoms with Crippen LogP contribution < -0.4 is 0 Å². The Hall–Kier alpha value is -2.09. The summed E-state index contributed by atoms with van der Waals surface area (Å²) in [6.07, 6.45) is 13.1. The lowest BCUT2D eigenvalue weighted by Gasteiger charge is -2.60. The van der Waals surface area contributed by atoms with Crippen molar-refractivity contribution in [1.82, 2.24) is 14.7 Å². The second-order valence-corrected chi connectivity index (χ2v) is 8.25. The molecule has 132 valence electrons. The maximum absolute atomic E-state index is 13.1. The van der Waals surface area contributed by atoms with Crippen LogP contribution in [0.3, 0.4) is 0 Å². The summed E-state index contributed by atoms with van der Waals surface area (Å²) < 4.78 is 1.76. The molecule has 5 nitrogen and oxygen atoms in total. The van der Waals surface area contributed by atoms with Gasteiger partial charge in [0.1, 0.15) is 0 Å². The van der Waals surface area contributed by atoms with Crippen LogP contribution in [0, 0.1) is 29.1 Å². The Morgan fingerprint density at radius 1 is 1.36 bits per heavy atom. The van der Waals surface area contributed by atoms with Crippen molar-refractivity contribution < 1.29 is 4.79 Å². The number of amides is 1. The smallest absolute Gasteiger partial charge is 0.247 e. The Morgan fingerprint density at radius 3 is 2.52 bits per heavy atom. The molecule has 0 N–H and O–H groups in total. The Morgan fingerprint density at radius 2 is 2.00 bits per heavy atom. The molecule has 1 amide bonds. The van der Waals surface area contributed by atoms with Gasteiger partial charge in [-0.15, -0.1) is 0 Å². The van der Waals surface area contributed by atoms with Crippen molar-refractivity contribution in [3.63, 3.8) is 0 Å². The molecule has 4 fully saturated rings. The minimum Gasteiger partial charge on any atom is -0.332 e. The monoisotopic (exact) mass is 338 g/mol. The van der Waals surface area contributed by atoms with Gasteiger partial charge in [-0.2, -0.15) is 10.4 Å². The minimum absolute atomic E-state index is 0.000514. The number of nitrogens with zero attached hydrogens (tertiary/aromatic N) is 4. The standard InChI is InChI=1S/C20H26N4O/c1-23-18(5-7-22-23)3-4-19(25)24(8-2-6-21)20-12-15-9-16(13-20)11-17(10-15)14-20/h3-5,7,15-17H,2,8-14H2,1H3. The average molecular weight is 338 g/mol. The zero-order valence-corrected chi connectivity index (χ0v) is 14.9. The Kier molecular flexibility index (Phi) is 4.15. The van der Waals surface area contributed by atoms with Crippen molar-refractivity contribution >= 4 is 12.0 Å². The first kappa shape index (κ1) is 16.4. The number of aryl methyl sites for hydroxylation is 1. The highest BCUT2D eigenvalue weighted by atomic mass is 16.2. The van der Waals surface area contributed by atoms with Crippen molar-refractivity contribution in [3.05, 3.63) is 24.0 Å². The Balaban J connectivity index is 1.58. The molecule has 0 aromatic carbocycles. The summed E-state index contributed by atoms with van der Waals surface area (Å²) in [4.78, 5) is 15.1. The van der Waals surface area contributed by atoms with E-state index in [4.69, 9.17) is 5.26 Å². The van der Waals surface area contributed by atoms with Gasteiger partial charge in [0.2, 0.25) is 5.91 Å². The van der Waals surface area contributed by atoms with Gasteiger partial charge in [-0.05, 0) is 68.4 Å². The largest absolute Gasteiger partial charge is 0.332 e. The number of hydrogen-bond acceptors (Lipinski definition) is 3. The molecule has 25 heavy (non-hydrogen) atoms. The van der Waals surface area contributed by atoms with E-state index in [0.29, 0.717) is 13.0 Å². The zero-order chi connectivity index (χ0) is 17.4. The van der Waals surface area contributed by atoms with E-state index in [2.05, 4.69) is 11.2 Å². The van der Waals surface area contributed by atoms with E-state index >= 15 is 0 Å². The summed E-state index contributed by atoms with van der Waals surface area (Å²) in [6.45, 7) is 0.553. The Bertz CT molecular complexity index is 691. The van der Waals surface area contributed by atoms with E-state index in [1.54, 1.807) is 17.0 Å². The molecule has 0 aliphatic heterocycles. The van der Waals surface area contributed by atoms with Crippen LogP contribution in [0.15, 0.2) is 18.3 Å². The first-order valence-corrected chi connectivity index (χ1v) is 9.44. The van der Waals surface area contributed by atoms with Gasteiger partial charge in [0, 0.05) is 31.4 Å². The molecule has 0 radical (unpaired) electrons. The van der Waals surface area contributed by atoms with E-state index in [0.717, 1.165) is 42.7 Å². The van der Waals surface area contributed by atoms with E-state index in [-0.39, 0.29) is 11.4 Å². The second kappa shape index (κ2) is 6.33. The van der Waals surface area contributed by atoms with Gasteiger partial charge in [-0.1, -0.05) is 0 Å². The number of hydrogen-bond donors (Lipinski definition) is 0. The lowest BCUT2D eigenvalue weighted by Crippen LogP contribution is -2.61. The average Bonchev–Trinajstić information content (AvgIpc) is 2.97. The van der Waals surface area contributed by atoms with E-state index in [9.17, 15) is 4.79 Å². The fourth-order valence-corrected chi connectivity index (χ4v) is 5.93. The second-order valence-electron chi connectivity index (χ2n) is 8.25. The molecule has 0 unspecified atom stereocenters. The van der Waals surface area contributed by atoms with Gasteiger partial charge in [0.05, 0.1) is 18.2 Å². The summed E-state index contributed by atoms with van der Waals surface area (Å²) >= 11 is 0. The summed E-state index contributed by atoms with van der Waals surface area (Å²) in [7, 11) is 1.87. The maximum atomic E-state index is 13.1. The predicted octanol–water partition coefficient (Wildman–Crippen LogP) is 3.14. The van der Waals surface area contributed by atoms with Crippen molar-refractivity contribution in [3.8, 4) is 6.07 Å². The SMILES string of the molecule is Cn1nccc1C=CC(=O)N(CCC#N)C12CC3CC(CC(C3)C1)C2. The molecule has 5 rings (SSSR count). The first-order valence-electron chi connectivity index (χ1n) is 9.44. The van der Waals surface area contributed by atoms with E-state index in [1.807, 2.05) is 24.1 Å². The molecule has 1 aromatic rings. The van der Waals surface area contributed by atoms with Crippen LogP contribution in [0.2, 0.25) is 0 Å². The highest BCUT2D eigenvalue weighted by Gasteiger charge is 2.54. The van der Waals surface area contributed by atoms with Gasteiger partial charge in [-0.3, -0.25) is 9.48 Å². The molecular weight excluding hydrogens is 312 g/mol. The van der Waals surface area contributed by atoms with Crippen molar-refractivity contribution in [2.75, 3.05) is 6.54 Å². The zero-order valence-electron chi connectivity index (χ0n) is 14.9. The van der Waals surface area contributed by atoms with Crippen LogP contribution in [-0.4, -0.2) is 32.7 Å². The third kappa shape index (κ3) is 2.99. The molecule has 4 saturated carbocycles. The van der Waals surface area contributed by atoms with Crippen molar-refractivity contribution in [2.45, 2.75) is 50.5 Å². The normalized spacial score (nSPS) is 32.9. The number of aromatic nitrogens is 2. The maximum Gasteiger partial charge on any atom is 0.247 e. The Labute approximate surface area is 149 Å². The van der Waals surface area contributed by atoms with Gasteiger partial charge in [0.25, 0.3) is 0 Å². The van der Waals surface area contributed by atoms with Gasteiger partial charge in [-0.25, -0.2) is 0 Å². The topological polar surface area (TPSA) is 61.9 Å². The summed E-state index contributed by atoms with van der Waals surface area (Å²) in [6, 6.07) is 4.13. The molecule has 0 saturated heterocycles. The molecule has 1 aromatic heterocycles. The first-order chi connectivity index (χ1) is 12.1. The predicted molar refractivity (Wildman–Crippen MR) is 95.1 cm³/mol. The number of nitriles is 1. The molecular formula is C20H26N4O. The van der Waals surface area contributed by atoms with Gasteiger partial charge >= 0.3 is 0 Å². The highest BCUT2D eigenvalue weighted by Crippen LogP contribution is 2.57. The van der Waals surface area contributed by atoms with Crippen molar-refractivity contribution in [2.24, 2.45) is 24.8 Å². The summed E-state index contributed by atoms with van der Waals surface area (Å²) in [5, 5.41) is 13.2. The fraction of sp³-hybridized carbons (Fsp3) is 0.650. The molecule has 0 atom stereocenters. The van der Waals surface area contributed by atoms with Gasteiger partial charge in [0.15, 0.2) is 0 Å². The quantitative estimate of drug-likeness (QED) is 0.775. The van der Waals surface area contributed by atoms with Crippen LogP contribution in [0.25, 0.3) is 6.08 Å². The highest BCUT2D eigenvalue weighted by molar-refractivity contribution is 5.92. The van der Waals surface area contributed by atoms with Gasteiger partial charge < -0.3 is 4.90 Å². The number of carbonyl (C=O) groups is 1. The van der Waals surface area contributed by atoms with Crippen LogP contribution in [-0.2, 0) is 11.8 Å². The lowest BCUT2D eigenvalue weighted by molar-refractivity contribution is -0.145. The summed E-state index contributed by atoms with van der Waals surface area (Å²) in [5.41, 5.74) is 0.915. The number of carbonyl (C=O) groups excluding carboxylic acids is 1. The number of rotatable bonds is 5. The van der Waals surface area contributed by atoms with Crippen LogP contribution in [0.5, 0.6) is 0 Å². The minimum atomic E-state index is -0.000514. The molecule has 4 bridgehead atoms. The molecule has 4 aliphatic carbocycles. The summed E-state index contributed by atoms with van der Waals surface area (Å²) in [5.74, 6) is 2.40. The van der Waals surface area contributed by atoms with Crippen molar-refractivity contribution in [1.29, 1.82) is 5.26 Å². The lowest BCUT2D eigenvalue weighted by atomic mass is 9.52. The van der Waals surface area contributed by atoms with Crippen LogP contribution in [0.1, 0.15) is 50.6 Å². The third-order valence-corrected chi connectivity index (χ3v) is 6.55. The van der Waals surface area contributed by atoms with E-state index < -0.39 is 0 Å². The fourth-order valence-electron chi connectivity index (χ4n) is 5.93. The molecule has 0 spiro atoms.